The Hall–Kier alpha value is -4.63. The van der Waals surface area contributed by atoms with E-state index in [1.165, 1.54) is 31.9 Å². The van der Waals surface area contributed by atoms with Gasteiger partial charge in [-0.15, -0.1) is 83.6 Å². The summed E-state index contributed by atoms with van der Waals surface area (Å²) < 4.78 is 0. The van der Waals surface area contributed by atoms with Crippen LogP contribution in [0, 0.1) is 13.8 Å². The summed E-state index contributed by atoms with van der Waals surface area (Å²) in [5, 5.41) is 8.12. The molecule has 0 aliphatic heterocycles. The molecule has 0 N–H and O–H groups in total. The van der Waals surface area contributed by atoms with Crippen LogP contribution in [0.15, 0.2) is 206 Å². The molecular weight excluding hydrogens is 735 g/mol. The van der Waals surface area contributed by atoms with Gasteiger partial charge in [0.1, 0.15) is 9.52 Å². The maximum atomic E-state index is 3.72. The molecule has 0 heterocycles. The minimum atomic E-state index is 0. The monoisotopic (exact) mass is 774 g/mol. The second-order valence-corrected chi connectivity index (χ2v) is 11.5. The van der Waals surface area contributed by atoms with Crippen LogP contribution < -0.4 is 10.4 Å². The molecule has 0 fully saturated rings. The van der Waals surface area contributed by atoms with Crippen LogP contribution in [-0.2, 0) is 25.8 Å². The molecule has 0 bridgehead atoms. The number of rotatable bonds is 2. The molecular formula is C44H38HfSi. The fraction of sp³-hybridized carbons (Fsp3) is 0. The largest absolute Gasteiger partial charge is 4.00 e. The predicted octanol–water partition coefficient (Wildman–Crippen LogP) is 10.2. The van der Waals surface area contributed by atoms with Crippen molar-refractivity contribution in [1.82, 2.24) is 0 Å². The van der Waals surface area contributed by atoms with Crippen molar-refractivity contribution >= 4 is 41.4 Å². The molecule has 222 valence electrons. The minimum absolute atomic E-state index is 0. The van der Waals surface area contributed by atoms with Gasteiger partial charge in [0.25, 0.3) is 0 Å². The first-order valence-corrected chi connectivity index (χ1v) is 16.0. The molecule has 2 heteroatoms. The molecule has 0 nitrogen and oxygen atoms in total. The zero-order chi connectivity index (χ0) is 31.4. The number of benzene rings is 6. The summed E-state index contributed by atoms with van der Waals surface area (Å²) in [6, 6.07) is 70.2. The number of fused-ring (bicyclic) bond motifs is 2. The van der Waals surface area contributed by atoms with Crippen LogP contribution in [0.2, 0.25) is 0 Å². The van der Waals surface area contributed by atoms with Gasteiger partial charge in [-0.25, -0.2) is 0 Å². The SMILES string of the molecule is [CH2-]c1ccccc1.[CH2-]c1ccccc1.[Hf+4].c1ccc([Si]c2ccccc2)cc1.c1ccc2[cH-]ccc2c1.c1ccc2[cH-]ccc2c1. The normalized spacial score (nSPS) is 9.39. The van der Waals surface area contributed by atoms with Gasteiger partial charge in [-0.05, 0) is 0 Å². The molecule has 8 aromatic carbocycles. The summed E-state index contributed by atoms with van der Waals surface area (Å²) >= 11 is 0. The van der Waals surface area contributed by atoms with E-state index in [4.69, 9.17) is 0 Å². The summed E-state index contributed by atoms with van der Waals surface area (Å²) in [4.78, 5) is 0. The molecule has 0 aliphatic rings. The molecule has 2 radical (unpaired) electrons. The molecule has 0 saturated carbocycles. The molecule has 0 saturated heterocycles. The van der Waals surface area contributed by atoms with Gasteiger partial charge in [0, 0.05) is 0 Å². The van der Waals surface area contributed by atoms with E-state index in [0.717, 1.165) is 20.6 Å². The van der Waals surface area contributed by atoms with Crippen LogP contribution in [0.5, 0.6) is 0 Å². The van der Waals surface area contributed by atoms with Crippen LogP contribution >= 0.6 is 0 Å². The first-order valence-electron chi connectivity index (χ1n) is 15.0. The fourth-order valence-corrected chi connectivity index (χ4v) is 5.36. The topological polar surface area (TPSA) is 0 Å². The zero-order valence-electron chi connectivity index (χ0n) is 26.0. The Morgan fingerprint density at radius 1 is 0.348 bits per heavy atom. The van der Waals surface area contributed by atoms with Gasteiger partial charge in [-0.1, -0.05) is 95.3 Å². The molecule has 8 rings (SSSR count). The van der Waals surface area contributed by atoms with Crippen LogP contribution in [0.4, 0.5) is 0 Å². The number of hydrogen-bond acceptors (Lipinski definition) is 0. The van der Waals surface area contributed by atoms with Gasteiger partial charge in [0.05, 0.1) is 0 Å². The Morgan fingerprint density at radius 2 is 0.652 bits per heavy atom. The van der Waals surface area contributed by atoms with Crippen molar-refractivity contribution in [1.29, 1.82) is 0 Å². The van der Waals surface area contributed by atoms with Crippen molar-refractivity contribution in [2.75, 3.05) is 0 Å². The average molecular weight is 773 g/mol. The summed E-state index contributed by atoms with van der Waals surface area (Å²) in [6.45, 7) is 7.44. The van der Waals surface area contributed by atoms with Gasteiger partial charge in [-0.3, -0.25) is 0 Å². The van der Waals surface area contributed by atoms with Crippen molar-refractivity contribution in [3.63, 3.8) is 0 Å². The van der Waals surface area contributed by atoms with Gasteiger partial charge in [-0.2, -0.15) is 84.3 Å². The molecule has 46 heavy (non-hydrogen) atoms. The van der Waals surface area contributed by atoms with Crippen LogP contribution in [-0.4, -0.2) is 9.52 Å². The third-order valence-corrected chi connectivity index (χ3v) is 7.86. The predicted molar refractivity (Wildman–Crippen MR) is 199 cm³/mol. The average Bonchev–Trinajstić information content (AvgIpc) is 3.78. The van der Waals surface area contributed by atoms with Gasteiger partial charge in [0.2, 0.25) is 0 Å². The number of hydrogen-bond donors (Lipinski definition) is 0. The first-order chi connectivity index (χ1) is 22.2. The Kier molecular flexibility index (Phi) is 16.5. The zero-order valence-corrected chi connectivity index (χ0v) is 30.6. The van der Waals surface area contributed by atoms with Gasteiger partial charge in [0.15, 0.2) is 0 Å². The van der Waals surface area contributed by atoms with Crippen molar-refractivity contribution in [2.24, 2.45) is 0 Å². The Morgan fingerprint density at radius 3 is 0.957 bits per heavy atom. The Labute approximate surface area is 296 Å². The summed E-state index contributed by atoms with van der Waals surface area (Å²) in [6.07, 6.45) is 0. The van der Waals surface area contributed by atoms with Crippen LogP contribution in [0.3, 0.4) is 0 Å². The summed E-state index contributed by atoms with van der Waals surface area (Å²) in [7, 11) is 0.777. The van der Waals surface area contributed by atoms with Gasteiger partial charge < -0.3 is 0 Å². The van der Waals surface area contributed by atoms with Crippen molar-refractivity contribution in [3.05, 3.63) is 231 Å². The second-order valence-electron chi connectivity index (χ2n) is 10.1. The van der Waals surface area contributed by atoms with E-state index in [-0.39, 0.29) is 25.8 Å². The smallest absolute Gasteiger partial charge is 0.199 e. The van der Waals surface area contributed by atoms with Gasteiger partial charge >= 0.3 is 25.8 Å². The quantitative estimate of drug-likeness (QED) is 0.121. The molecule has 0 aliphatic carbocycles. The van der Waals surface area contributed by atoms with E-state index in [1.54, 1.807) is 0 Å². The summed E-state index contributed by atoms with van der Waals surface area (Å²) in [5.41, 5.74) is 2.14. The maximum Gasteiger partial charge on any atom is 4.00 e. The van der Waals surface area contributed by atoms with Crippen LogP contribution in [0.25, 0.3) is 21.5 Å². The molecule has 0 amide bonds. The summed E-state index contributed by atoms with van der Waals surface area (Å²) in [5.74, 6) is 0. The van der Waals surface area contributed by atoms with E-state index in [1.807, 2.05) is 60.7 Å². The Bertz CT molecular complexity index is 1670. The van der Waals surface area contributed by atoms with E-state index < -0.39 is 0 Å². The molecule has 0 atom stereocenters. The maximum absolute atomic E-state index is 3.72. The van der Waals surface area contributed by atoms with E-state index >= 15 is 0 Å². The standard InChI is InChI=1S/C12H10Si.2C9H7.2C7H7.Hf/c1-3-7-11(8-4-1)13-12-9-5-2-6-10-12;2*1-2-5-9-7-3-6-8(9)4-1;2*1-7-5-3-2-4-6-7;/h1-10H;2*1-7H;2*2-6H,1H2;/q;4*-1;+4. The molecule has 0 aromatic heterocycles. The van der Waals surface area contributed by atoms with E-state index in [9.17, 15) is 0 Å². The molecule has 0 spiro atoms. The minimum Gasteiger partial charge on any atom is -0.199 e. The first kappa shape index (κ1) is 35.8. The second kappa shape index (κ2) is 21.2. The molecule has 0 unspecified atom stereocenters. The third kappa shape index (κ3) is 13.6. The fourth-order valence-electron chi connectivity index (χ4n) is 4.31. The van der Waals surface area contributed by atoms with Crippen LogP contribution in [0.1, 0.15) is 11.1 Å². The third-order valence-electron chi connectivity index (χ3n) is 6.62. The Balaban J connectivity index is 0.000000159. The van der Waals surface area contributed by atoms with Crippen molar-refractivity contribution in [2.45, 2.75) is 0 Å². The van der Waals surface area contributed by atoms with Crippen molar-refractivity contribution in [3.8, 4) is 0 Å². The van der Waals surface area contributed by atoms with E-state index in [0.29, 0.717) is 0 Å². The molecule has 8 aromatic rings. The van der Waals surface area contributed by atoms with E-state index in [2.05, 4.69) is 159 Å². The van der Waals surface area contributed by atoms with Crippen molar-refractivity contribution < 1.29 is 25.8 Å².